The zero-order valence-electron chi connectivity index (χ0n) is 16.4. The second-order valence-electron chi connectivity index (χ2n) is 7.94. The van der Waals surface area contributed by atoms with Crippen LogP contribution in [0.15, 0.2) is 95.4 Å². The third-order valence-electron chi connectivity index (χ3n) is 6.15. The lowest BCUT2D eigenvalue weighted by Gasteiger charge is -2.05. The topological polar surface area (TPSA) is 33.4 Å². The smallest absolute Gasteiger partial charge is 0.139 e. The molecule has 0 atom stereocenters. The molecule has 0 aliphatic rings. The van der Waals surface area contributed by atoms with Gasteiger partial charge in [-0.2, -0.15) is 0 Å². The van der Waals surface area contributed by atoms with Gasteiger partial charge in [-0.15, -0.1) is 11.3 Å². The van der Waals surface area contributed by atoms with Crippen molar-refractivity contribution >= 4 is 64.2 Å². The second-order valence-corrected chi connectivity index (χ2v) is 9.00. The highest BCUT2D eigenvalue weighted by atomic mass is 32.1. The first-order chi connectivity index (χ1) is 15.3. The quantitative estimate of drug-likeness (QED) is 0.291. The summed E-state index contributed by atoms with van der Waals surface area (Å²) in [5, 5.41) is 17.6. The standard InChI is InChI=1S/C28H16O2S/c29-23-14-18(15-25-27(23)21-7-3-4-8-24(21)30-25)17-10-12-26-22(13-17)20-11-9-16-5-1-2-6-19(16)28(20)31-26/h1-15,29H. The highest BCUT2D eigenvalue weighted by Crippen LogP contribution is 2.42. The fourth-order valence-corrected chi connectivity index (χ4v) is 5.90. The zero-order valence-corrected chi connectivity index (χ0v) is 17.2. The molecule has 0 aliphatic carbocycles. The van der Waals surface area contributed by atoms with Crippen molar-refractivity contribution in [3.63, 3.8) is 0 Å². The fourth-order valence-electron chi connectivity index (χ4n) is 4.68. The lowest BCUT2D eigenvalue weighted by molar-refractivity contribution is 0.482. The molecule has 3 heteroatoms. The predicted octanol–water partition coefficient (Wildman–Crippen LogP) is 8.48. The molecule has 0 radical (unpaired) electrons. The van der Waals surface area contributed by atoms with Crippen molar-refractivity contribution in [2.45, 2.75) is 0 Å². The average Bonchev–Trinajstić information content (AvgIpc) is 3.37. The van der Waals surface area contributed by atoms with E-state index in [4.69, 9.17) is 4.42 Å². The Balaban J connectivity index is 1.48. The van der Waals surface area contributed by atoms with Crippen LogP contribution in [-0.2, 0) is 0 Å². The van der Waals surface area contributed by atoms with Crippen LogP contribution in [0, 0.1) is 0 Å². The van der Waals surface area contributed by atoms with E-state index in [1.54, 1.807) is 0 Å². The Kier molecular flexibility index (Phi) is 3.33. The number of benzene rings is 5. The van der Waals surface area contributed by atoms with Crippen LogP contribution < -0.4 is 0 Å². The number of furan rings is 1. The molecule has 0 spiro atoms. The first kappa shape index (κ1) is 16.9. The summed E-state index contributed by atoms with van der Waals surface area (Å²) in [7, 11) is 0. The molecule has 0 saturated heterocycles. The molecule has 0 bridgehead atoms. The third kappa shape index (κ3) is 2.38. The molecule has 7 rings (SSSR count). The van der Waals surface area contributed by atoms with Crippen molar-refractivity contribution in [1.82, 2.24) is 0 Å². The monoisotopic (exact) mass is 416 g/mol. The number of phenols is 1. The summed E-state index contributed by atoms with van der Waals surface area (Å²) in [6.07, 6.45) is 0. The lowest BCUT2D eigenvalue weighted by atomic mass is 10.00. The van der Waals surface area contributed by atoms with E-state index in [1.807, 2.05) is 47.7 Å². The van der Waals surface area contributed by atoms with Crippen molar-refractivity contribution in [1.29, 1.82) is 0 Å². The Labute approximate surface area is 181 Å². The van der Waals surface area contributed by atoms with Gasteiger partial charge >= 0.3 is 0 Å². The van der Waals surface area contributed by atoms with Gasteiger partial charge in [-0.05, 0) is 52.2 Å². The number of thiophene rings is 1. The Morgan fingerprint density at radius 2 is 1.45 bits per heavy atom. The van der Waals surface area contributed by atoms with Crippen molar-refractivity contribution in [2.24, 2.45) is 0 Å². The van der Waals surface area contributed by atoms with Crippen molar-refractivity contribution in [3.8, 4) is 16.9 Å². The molecule has 1 N–H and O–H groups in total. The second kappa shape index (κ2) is 6.10. The summed E-state index contributed by atoms with van der Waals surface area (Å²) >= 11 is 1.84. The third-order valence-corrected chi connectivity index (χ3v) is 7.37. The van der Waals surface area contributed by atoms with E-state index in [0.717, 1.165) is 27.5 Å². The molecule has 146 valence electrons. The highest BCUT2D eigenvalue weighted by molar-refractivity contribution is 7.26. The van der Waals surface area contributed by atoms with Gasteiger partial charge in [-0.25, -0.2) is 0 Å². The van der Waals surface area contributed by atoms with Crippen LogP contribution in [0.5, 0.6) is 5.75 Å². The van der Waals surface area contributed by atoms with Gasteiger partial charge in [0.2, 0.25) is 0 Å². The Morgan fingerprint density at radius 3 is 2.39 bits per heavy atom. The molecule has 2 aromatic heterocycles. The van der Waals surface area contributed by atoms with Gasteiger partial charge in [0.05, 0.1) is 5.39 Å². The minimum atomic E-state index is 0.249. The summed E-state index contributed by atoms with van der Waals surface area (Å²) in [5.74, 6) is 0.249. The minimum absolute atomic E-state index is 0.249. The maximum Gasteiger partial charge on any atom is 0.139 e. The molecular weight excluding hydrogens is 400 g/mol. The minimum Gasteiger partial charge on any atom is -0.507 e. The van der Waals surface area contributed by atoms with E-state index >= 15 is 0 Å². The number of rotatable bonds is 1. The number of hydrogen-bond acceptors (Lipinski definition) is 3. The normalized spacial score (nSPS) is 12.0. The molecule has 5 aromatic carbocycles. The summed E-state index contributed by atoms with van der Waals surface area (Å²) in [5.41, 5.74) is 3.51. The van der Waals surface area contributed by atoms with Gasteiger partial charge in [0.15, 0.2) is 0 Å². The van der Waals surface area contributed by atoms with Gasteiger partial charge in [0.25, 0.3) is 0 Å². The van der Waals surface area contributed by atoms with E-state index in [2.05, 4.69) is 54.6 Å². The van der Waals surface area contributed by atoms with Crippen molar-refractivity contribution < 1.29 is 9.52 Å². The maximum atomic E-state index is 10.8. The fraction of sp³-hybridized carbons (Fsp3) is 0. The van der Waals surface area contributed by atoms with E-state index < -0.39 is 0 Å². The van der Waals surface area contributed by atoms with Gasteiger partial charge < -0.3 is 9.52 Å². The van der Waals surface area contributed by atoms with Crippen LogP contribution in [-0.4, -0.2) is 5.11 Å². The van der Waals surface area contributed by atoms with Crippen LogP contribution in [0.1, 0.15) is 0 Å². The molecule has 0 saturated carbocycles. The van der Waals surface area contributed by atoms with Gasteiger partial charge in [-0.1, -0.05) is 60.7 Å². The Morgan fingerprint density at radius 1 is 0.613 bits per heavy atom. The van der Waals surface area contributed by atoms with Crippen LogP contribution in [0.25, 0.3) is 64.0 Å². The van der Waals surface area contributed by atoms with Gasteiger partial charge in [-0.3, -0.25) is 0 Å². The highest BCUT2D eigenvalue weighted by Gasteiger charge is 2.14. The first-order valence-corrected chi connectivity index (χ1v) is 11.1. The van der Waals surface area contributed by atoms with Crippen molar-refractivity contribution in [2.75, 3.05) is 0 Å². The molecular formula is C28H16O2S. The summed E-state index contributed by atoms with van der Waals surface area (Å²) in [4.78, 5) is 0. The van der Waals surface area contributed by atoms with Gasteiger partial charge in [0, 0.05) is 25.6 Å². The van der Waals surface area contributed by atoms with E-state index in [0.29, 0.717) is 5.58 Å². The number of fused-ring (bicyclic) bond motifs is 8. The average molecular weight is 417 g/mol. The van der Waals surface area contributed by atoms with E-state index in [1.165, 1.54) is 30.9 Å². The van der Waals surface area contributed by atoms with E-state index in [-0.39, 0.29) is 5.75 Å². The largest absolute Gasteiger partial charge is 0.507 e. The molecule has 0 unspecified atom stereocenters. The van der Waals surface area contributed by atoms with Crippen molar-refractivity contribution in [3.05, 3.63) is 91.0 Å². The van der Waals surface area contributed by atoms with Gasteiger partial charge in [0.1, 0.15) is 16.9 Å². The number of hydrogen-bond donors (Lipinski definition) is 1. The summed E-state index contributed by atoms with van der Waals surface area (Å²) in [6.45, 7) is 0. The number of phenolic OH excluding ortho intramolecular Hbond substituents is 1. The lowest BCUT2D eigenvalue weighted by Crippen LogP contribution is -1.79. The molecule has 2 nitrogen and oxygen atoms in total. The van der Waals surface area contributed by atoms with E-state index in [9.17, 15) is 5.11 Å². The molecule has 2 heterocycles. The SMILES string of the molecule is Oc1cc(-c2ccc3sc4c5ccccc5ccc4c3c2)cc2oc3ccccc3c12. The Bertz CT molecular complexity index is 1800. The Hall–Kier alpha value is -3.82. The zero-order chi connectivity index (χ0) is 20.5. The molecule has 0 aliphatic heterocycles. The molecule has 7 aromatic rings. The van der Waals surface area contributed by atoms with Crippen LogP contribution >= 0.6 is 11.3 Å². The molecule has 0 amide bonds. The first-order valence-electron chi connectivity index (χ1n) is 10.2. The molecule has 31 heavy (non-hydrogen) atoms. The number of para-hydroxylation sites is 1. The van der Waals surface area contributed by atoms with Crippen LogP contribution in [0.4, 0.5) is 0 Å². The number of aromatic hydroxyl groups is 1. The maximum absolute atomic E-state index is 10.8. The summed E-state index contributed by atoms with van der Waals surface area (Å²) in [6, 6.07) is 31.2. The molecule has 0 fully saturated rings. The predicted molar refractivity (Wildman–Crippen MR) is 131 cm³/mol. The van der Waals surface area contributed by atoms with Crippen LogP contribution in [0.2, 0.25) is 0 Å². The summed E-state index contributed by atoms with van der Waals surface area (Å²) < 4.78 is 8.62. The van der Waals surface area contributed by atoms with Crippen LogP contribution in [0.3, 0.4) is 0 Å².